The molecule has 3 heterocycles. The molecule has 1 aromatic carbocycles. The van der Waals surface area contributed by atoms with E-state index in [4.69, 9.17) is 14.2 Å². The standard InChI is InChI=1S/C26H30N4O6S/c1-4-29-18-24(26(28-29)35-5-2)37(32,33)30-17-21(12-14-25(31)34-3)36-23-13-10-19(16-22(23)30)9-11-20-8-6-7-15-27-20/h6-11,13,15-16,18,21H,4-5,12,14,17H2,1-3H3. The lowest BCUT2D eigenvalue weighted by Crippen LogP contribution is -2.43. The molecule has 4 rings (SSSR count). The number of fused-ring (bicyclic) bond motifs is 1. The van der Waals surface area contributed by atoms with E-state index in [1.807, 2.05) is 43.3 Å². The van der Waals surface area contributed by atoms with Crippen LogP contribution in [0, 0.1) is 0 Å². The molecule has 1 aliphatic rings. The van der Waals surface area contributed by atoms with Gasteiger partial charge in [0.05, 0.1) is 31.6 Å². The number of anilines is 1. The molecule has 0 aliphatic carbocycles. The number of carbonyl (C=O) groups is 1. The Morgan fingerprint density at radius 2 is 2.05 bits per heavy atom. The van der Waals surface area contributed by atoms with Gasteiger partial charge < -0.3 is 14.2 Å². The van der Waals surface area contributed by atoms with Crippen LogP contribution in [-0.4, -0.2) is 55.5 Å². The van der Waals surface area contributed by atoms with Crippen LogP contribution in [0.1, 0.15) is 37.9 Å². The van der Waals surface area contributed by atoms with Crippen LogP contribution in [-0.2, 0) is 26.1 Å². The van der Waals surface area contributed by atoms with Gasteiger partial charge in [0.25, 0.3) is 15.9 Å². The Balaban J connectivity index is 1.74. The number of esters is 1. The van der Waals surface area contributed by atoms with Crippen LogP contribution in [0.2, 0.25) is 0 Å². The molecule has 2 aromatic heterocycles. The molecule has 0 N–H and O–H groups in total. The normalized spacial score (nSPS) is 15.3. The summed E-state index contributed by atoms with van der Waals surface area (Å²) in [6.07, 6.45) is 6.74. The minimum absolute atomic E-state index is 0.0165. The van der Waals surface area contributed by atoms with Crippen molar-refractivity contribution in [2.45, 2.75) is 44.2 Å². The van der Waals surface area contributed by atoms with Crippen LogP contribution in [0.5, 0.6) is 11.6 Å². The van der Waals surface area contributed by atoms with Gasteiger partial charge in [0, 0.05) is 25.4 Å². The molecule has 1 atom stereocenters. The lowest BCUT2D eigenvalue weighted by atomic mass is 10.1. The second kappa shape index (κ2) is 11.5. The summed E-state index contributed by atoms with van der Waals surface area (Å²) >= 11 is 0. The first kappa shape index (κ1) is 26.2. The third kappa shape index (κ3) is 5.93. The Labute approximate surface area is 216 Å². The molecule has 1 unspecified atom stereocenters. The van der Waals surface area contributed by atoms with E-state index in [9.17, 15) is 13.2 Å². The highest BCUT2D eigenvalue weighted by atomic mass is 32.2. The Morgan fingerprint density at radius 1 is 1.22 bits per heavy atom. The van der Waals surface area contributed by atoms with Crippen LogP contribution < -0.4 is 13.8 Å². The van der Waals surface area contributed by atoms with Crippen molar-refractivity contribution in [3.63, 3.8) is 0 Å². The monoisotopic (exact) mass is 526 g/mol. The molecule has 0 bridgehead atoms. The summed E-state index contributed by atoms with van der Waals surface area (Å²) in [4.78, 5) is 16.0. The summed E-state index contributed by atoms with van der Waals surface area (Å²) in [5.41, 5.74) is 1.94. The molecule has 3 aromatic rings. The van der Waals surface area contributed by atoms with Crippen molar-refractivity contribution in [3.8, 4) is 11.6 Å². The molecular formula is C26H30N4O6S. The molecular weight excluding hydrogens is 496 g/mol. The number of nitrogens with zero attached hydrogens (tertiary/aromatic N) is 4. The number of pyridine rings is 1. The Bertz CT molecular complexity index is 1370. The molecule has 0 saturated heterocycles. The van der Waals surface area contributed by atoms with E-state index in [2.05, 4.69) is 10.1 Å². The van der Waals surface area contributed by atoms with Gasteiger partial charge in [-0.2, -0.15) is 0 Å². The van der Waals surface area contributed by atoms with Gasteiger partial charge in [-0.15, -0.1) is 5.10 Å². The first-order chi connectivity index (χ1) is 17.8. The maximum Gasteiger partial charge on any atom is 0.305 e. The number of aryl methyl sites for hydroxylation is 1. The van der Waals surface area contributed by atoms with Gasteiger partial charge in [0.15, 0.2) is 4.90 Å². The van der Waals surface area contributed by atoms with Crippen LogP contribution in [0.25, 0.3) is 12.2 Å². The first-order valence-electron chi connectivity index (χ1n) is 12.0. The van der Waals surface area contributed by atoms with Gasteiger partial charge in [0.1, 0.15) is 11.9 Å². The first-order valence-corrected chi connectivity index (χ1v) is 13.5. The largest absolute Gasteiger partial charge is 0.486 e. The number of methoxy groups -OCH3 is 1. The molecule has 11 heteroatoms. The molecule has 10 nitrogen and oxygen atoms in total. The summed E-state index contributed by atoms with van der Waals surface area (Å²) in [6.45, 7) is 4.41. The minimum atomic E-state index is -4.09. The van der Waals surface area contributed by atoms with Crippen molar-refractivity contribution < 1.29 is 27.4 Å². The zero-order valence-corrected chi connectivity index (χ0v) is 21.8. The number of aromatic nitrogens is 3. The summed E-state index contributed by atoms with van der Waals surface area (Å²) in [6, 6.07) is 10.9. The number of carbonyl (C=O) groups excluding carboxylic acids is 1. The molecule has 196 valence electrons. The van der Waals surface area contributed by atoms with E-state index in [1.54, 1.807) is 25.3 Å². The van der Waals surface area contributed by atoms with Gasteiger partial charge in [-0.25, -0.2) is 8.42 Å². The molecule has 0 spiro atoms. The van der Waals surface area contributed by atoms with Crippen molar-refractivity contribution in [3.05, 3.63) is 60.0 Å². The number of sulfonamides is 1. The average molecular weight is 527 g/mol. The molecule has 0 fully saturated rings. The lowest BCUT2D eigenvalue weighted by molar-refractivity contribution is -0.141. The number of ether oxygens (including phenoxy) is 3. The second-order valence-corrected chi connectivity index (χ2v) is 10.1. The predicted molar refractivity (Wildman–Crippen MR) is 139 cm³/mol. The second-order valence-electron chi connectivity index (χ2n) is 8.29. The van der Waals surface area contributed by atoms with Crippen molar-refractivity contribution in [1.82, 2.24) is 14.8 Å². The van der Waals surface area contributed by atoms with Crippen LogP contribution in [0.15, 0.2) is 53.7 Å². The van der Waals surface area contributed by atoms with E-state index in [1.165, 1.54) is 22.3 Å². The van der Waals surface area contributed by atoms with Gasteiger partial charge in [0.2, 0.25) is 0 Å². The topological polar surface area (TPSA) is 113 Å². The SMILES string of the molecule is CCOc1nn(CC)cc1S(=O)(=O)N1CC(CCC(=O)OC)Oc2ccc(C=Cc3ccccn3)cc21. The average Bonchev–Trinajstić information content (AvgIpc) is 3.34. The number of rotatable bonds is 10. The Morgan fingerprint density at radius 3 is 2.76 bits per heavy atom. The summed E-state index contributed by atoms with van der Waals surface area (Å²) in [7, 11) is -2.77. The van der Waals surface area contributed by atoms with Crippen molar-refractivity contribution in [1.29, 1.82) is 0 Å². The lowest BCUT2D eigenvalue weighted by Gasteiger charge is -2.35. The van der Waals surface area contributed by atoms with E-state index >= 15 is 0 Å². The highest BCUT2D eigenvalue weighted by Gasteiger charge is 2.37. The number of hydrogen-bond acceptors (Lipinski definition) is 8. The number of benzene rings is 1. The Kier molecular flexibility index (Phi) is 8.12. The third-order valence-electron chi connectivity index (χ3n) is 5.82. The summed E-state index contributed by atoms with van der Waals surface area (Å²) in [5.74, 6) is 0.0666. The fourth-order valence-corrected chi connectivity index (χ4v) is 5.50. The third-order valence-corrected chi connectivity index (χ3v) is 7.58. The molecule has 1 aliphatic heterocycles. The minimum Gasteiger partial charge on any atom is -0.486 e. The van der Waals surface area contributed by atoms with E-state index < -0.39 is 16.1 Å². The Hall–Kier alpha value is -3.86. The summed E-state index contributed by atoms with van der Waals surface area (Å²) in [5, 5.41) is 4.28. The molecule has 0 radical (unpaired) electrons. The van der Waals surface area contributed by atoms with Gasteiger partial charge in [-0.3, -0.25) is 18.8 Å². The van der Waals surface area contributed by atoms with Crippen molar-refractivity contribution >= 4 is 33.8 Å². The van der Waals surface area contributed by atoms with Crippen LogP contribution in [0.3, 0.4) is 0 Å². The van der Waals surface area contributed by atoms with E-state index in [0.717, 1.165) is 11.3 Å². The highest BCUT2D eigenvalue weighted by Crippen LogP contribution is 2.40. The fraction of sp³-hybridized carbons (Fsp3) is 0.346. The zero-order chi connectivity index (χ0) is 26.4. The highest BCUT2D eigenvalue weighted by molar-refractivity contribution is 7.93. The van der Waals surface area contributed by atoms with E-state index in [-0.39, 0.29) is 36.3 Å². The fourth-order valence-electron chi connectivity index (χ4n) is 3.93. The molecule has 0 saturated carbocycles. The van der Waals surface area contributed by atoms with E-state index in [0.29, 0.717) is 24.4 Å². The summed E-state index contributed by atoms with van der Waals surface area (Å²) < 4.78 is 47.3. The van der Waals surface area contributed by atoms with Crippen LogP contribution in [0.4, 0.5) is 5.69 Å². The smallest absolute Gasteiger partial charge is 0.305 e. The van der Waals surface area contributed by atoms with Gasteiger partial charge >= 0.3 is 5.97 Å². The molecule has 37 heavy (non-hydrogen) atoms. The van der Waals surface area contributed by atoms with Crippen molar-refractivity contribution in [2.24, 2.45) is 0 Å². The maximum atomic E-state index is 14.0. The maximum absolute atomic E-state index is 14.0. The van der Waals surface area contributed by atoms with Gasteiger partial charge in [-0.1, -0.05) is 18.2 Å². The number of hydrogen-bond donors (Lipinski definition) is 0. The zero-order valence-electron chi connectivity index (χ0n) is 21.0. The van der Waals surface area contributed by atoms with Crippen molar-refractivity contribution in [2.75, 3.05) is 24.6 Å². The molecule has 0 amide bonds. The quantitative estimate of drug-likeness (QED) is 0.367. The van der Waals surface area contributed by atoms with Gasteiger partial charge in [-0.05, 0) is 56.2 Å². The van der Waals surface area contributed by atoms with Crippen LogP contribution >= 0.6 is 0 Å². The predicted octanol–water partition coefficient (Wildman–Crippen LogP) is 3.78.